The fourth-order valence-electron chi connectivity index (χ4n) is 3.63. The van der Waals surface area contributed by atoms with Crippen LogP contribution < -0.4 is 4.72 Å². The molecule has 4 rings (SSSR count). The Morgan fingerprint density at radius 1 is 0.921 bits per heavy atom. The first kappa shape index (κ1) is 27.4. The monoisotopic (exact) mass is 573 g/mol. The summed E-state index contributed by atoms with van der Waals surface area (Å²) in [6.45, 7) is -0.503. The van der Waals surface area contributed by atoms with E-state index in [1.54, 1.807) is 30.3 Å². The Labute approximate surface area is 228 Å². The van der Waals surface area contributed by atoms with Crippen LogP contribution in [0.15, 0.2) is 77.7 Å². The van der Waals surface area contributed by atoms with Gasteiger partial charge in [0, 0.05) is 16.5 Å². The fourth-order valence-corrected chi connectivity index (χ4v) is 5.38. The molecule has 4 aromatic rings. The third kappa shape index (κ3) is 6.81. The number of Topliss-reactive ketones (excluding diaryl/α,β-unsaturated/α-hetero) is 1. The highest BCUT2D eigenvalue weighted by molar-refractivity contribution is 7.89. The Hall–Kier alpha value is -3.64. The second kappa shape index (κ2) is 11.8. The molecule has 0 aliphatic rings. The molecule has 1 unspecified atom stereocenters. The van der Waals surface area contributed by atoms with Gasteiger partial charge in [0.1, 0.15) is 6.54 Å². The summed E-state index contributed by atoms with van der Waals surface area (Å²) < 4.78 is 28.1. The maximum atomic E-state index is 13.0. The third-order valence-corrected chi connectivity index (χ3v) is 7.72. The molecule has 38 heavy (non-hydrogen) atoms. The normalized spacial score (nSPS) is 12.3. The zero-order valence-electron chi connectivity index (χ0n) is 19.7. The van der Waals surface area contributed by atoms with E-state index in [4.69, 9.17) is 23.2 Å². The lowest BCUT2D eigenvalue weighted by Crippen LogP contribution is -2.43. The number of benzene rings is 3. The van der Waals surface area contributed by atoms with Gasteiger partial charge >= 0.3 is 5.97 Å². The molecule has 0 spiro atoms. The average molecular weight is 574 g/mol. The average Bonchev–Trinajstić information content (AvgIpc) is 3.33. The van der Waals surface area contributed by atoms with Crippen molar-refractivity contribution in [3.05, 3.63) is 94.2 Å². The van der Waals surface area contributed by atoms with E-state index in [1.165, 1.54) is 12.1 Å². The highest BCUT2D eigenvalue weighted by Gasteiger charge is 2.28. The van der Waals surface area contributed by atoms with Crippen LogP contribution in [0.5, 0.6) is 0 Å². The van der Waals surface area contributed by atoms with E-state index in [-0.39, 0.29) is 17.1 Å². The van der Waals surface area contributed by atoms with Gasteiger partial charge in [-0.3, -0.25) is 9.59 Å². The van der Waals surface area contributed by atoms with Crippen molar-refractivity contribution in [3.63, 3.8) is 0 Å². The molecule has 0 saturated heterocycles. The van der Waals surface area contributed by atoms with Gasteiger partial charge in [-0.15, -0.1) is 10.2 Å². The number of aromatic nitrogens is 4. The number of carbonyl (C=O) groups is 2. The minimum absolute atomic E-state index is 0.113. The number of nitrogens with zero attached hydrogens (tertiary/aromatic N) is 4. The highest BCUT2D eigenvalue weighted by Crippen LogP contribution is 2.26. The van der Waals surface area contributed by atoms with Gasteiger partial charge in [-0.05, 0) is 46.2 Å². The Morgan fingerprint density at radius 3 is 2.18 bits per heavy atom. The molecular weight excluding hydrogens is 553 g/mol. The van der Waals surface area contributed by atoms with Crippen LogP contribution in [0.3, 0.4) is 0 Å². The van der Waals surface area contributed by atoms with Gasteiger partial charge in [0.05, 0.1) is 17.4 Å². The highest BCUT2D eigenvalue weighted by atomic mass is 35.5. The molecule has 2 N–H and O–H groups in total. The van der Waals surface area contributed by atoms with Gasteiger partial charge < -0.3 is 5.11 Å². The van der Waals surface area contributed by atoms with Crippen molar-refractivity contribution in [3.8, 4) is 11.1 Å². The number of tetrazole rings is 1. The molecule has 0 saturated carbocycles. The number of carboxylic acids is 1. The van der Waals surface area contributed by atoms with Gasteiger partial charge in [0.15, 0.2) is 11.6 Å². The molecule has 0 radical (unpaired) electrons. The van der Waals surface area contributed by atoms with Crippen LogP contribution in [0.25, 0.3) is 11.1 Å². The summed E-state index contributed by atoms with van der Waals surface area (Å²) in [5.41, 5.74) is 2.28. The van der Waals surface area contributed by atoms with Crippen molar-refractivity contribution in [2.45, 2.75) is 30.3 Å². The molecule has 196 valence electrons. The number of carboxylic acid groups (broad SMARTS) is 1. The number of hydrogen-bond donors (Lipinski definition) is 2. The van der Waals surface area contributed by atoms with E-state index in [9.17, 15) is 23.1 Å². The lowest BCUT2D eigenvalue weighted by Gasteiger charge is -2.16. The summed E-state index contributed by atoms with van der Waals surface area (Å²) in [6, 6.07) is 18.9. The molecule has 13 heteroatoms. The first-order chi connectivity index (χ1) is 18.1. The minimum atomic E-state index is -4.22. The molecule has 1 heterocycles. The molecule has 1 aromatic heterocycles. The molecule has 0 aliphatic carbocycles. The summed E-state index contributed by atoms with van der Waals surface area (Å²) in [4.78, 5) is 25.2. The molecule has 3 aromatic carbocycles. The summed E-state index contributed by atoms with van der Waals surface area (Å²) in [6.07, 6.45) is -0.617. The van der Waals surface area contributed by atoms with Crippen molar-refractivity contribution in [2.75, 3.05) is 0 Å². The van der Waals surface area contributed by atoms with Crippen LogP contribution in [0.2, 0.25) is 10.0 Å². The van der Waals surface area contributed by atoms with Gasteiger partial charge in [-0.25, -0.2) is 8.42 Å². The quantitative estimate of drug-likeness (QED) is 0.276. The summed E-state index contributed by atoms with van der Waals surface area (Å²) in [5, 5.41) is 21.9. The van der Waals surface area contributed by atoms with Gasteiger partial charge in [-0.1, -0.05) is 71.7 Å². The second-order valence-electron chi connectivity index (χ2n) is 8.24. The lowest BCUT2D eigenvalue weighted by atomic mass is 10.1. The number of sulfonamides is 1. The van der Waals surface area contributed by atoms with E-state index < -0.39 is 40.8 Å². The van der Waals surface area contributed by atoms with Crippen LogP contribution in [-0.2, 0) is 32.6 Å². The molecular formula is C25H21Cl2N5O5S. The number of rotatable bonds is 11. The number of aliphatic carboxylic acids is 1. The SMILES string of the molecule is O=C(O)CC(NS(=O)(=O)c1ccc(-c2ccccc2)cc1)C(=O)Cn1nnc(Cc2c(Cl)cccc2Cl)n1. The van der Waals surface area contributed by atoms with Crippen LogP contribution in [-0.4, -0.2) is 51.5 Å². The van der Waals surface area contributed by atoms with Crippen molar-refractivity contribution < 1.29 is 23.1 Å². The van der Waals surface area contributed by atoms with Crippen molar-refractivity contribution >= 4 is 45.0 Å². The predicted octanol–water partition coefficient (Wildman–Crippen LogP) is 3.63. The zero-order chi connectivity index (χ0) is 27.3. The van der Waals surface area contributed by atoms with E-state index in [2.05, 4.69) is 20.1 Å². The third-order valence-electron chi connectivity index (χ3n) is 5.52. The van der Waals surface area contributed by atoms with Crippen LogP contribution in [0.1, 0.15) is 17.8 Å². The molecule has 1 atom stereocenters. The lowest BCUT2D eigenvalue weighted by molar-refractivity contribution is -0.139. The zero-order valence-corrected chi connectivity index (χ0v) is 22.0. The largest absolute Gasteiger partial charge is 0.481 e. The first-order valence-corrected chi connectivity index (χ1v) is 13.5. The number of halogens is 2. The topological polar surface area (TPSA) is 144 Å². The summed E-state index contributed by atoms with van der Waals surface area (Å²) >= 11 is 12.3. The Bertz CT molecular complexity index is 1540. The molecule has 0 amide bonds. The number of hydrogen-bond acceptors (Lipinski definition) is 7. The van der Waals surface area contributed by atoms with Gasteiger partial charge in [0.25, 0.3) is 0 Å². The standard InChI is InChI=1S/C25H21Cl2N5O5S/c26-20-7-4-8-21(27)19(20)13-24-28-31-32(29-24)15-23(33)22(14-25(34)35)30-38(36,37)18-11-9-17(10-12-18)16-5-2-1-3-6-16/h1-12,22,30H,13-15H2,(H,34,35). The van der Waals surface area contributed by atoms with Crippen LogP contribution in [0, 0.1) is 0 Å². The first-order valence-electron chi connectivity index (χ1n) is 11.2. The number of carbonyl (C=O) groups excluding carboxylic acids is 1. The molecule has 10 nitrogen and oxygen atoms in total. The Balaban J connectivity index is 1.47. The van der Waals surface area contributed by atoms with Crippen molar-refractivity contribution in [2.24, 2.45) is 0 Å². The molecule has 0 bridgehead atoms. The predicted molar refractivity (Wildman–Crippen MR) is 140 cm³/mol. The number of nitrogens with one attached hydrogen (secondary N) is 1. The minimum Gasteiger partial charge on any atom is -0.481 e. The van der Waals surface area contributed by atoms with Crippen molar-refractivity contribution in [1.82, 2.24) is 24.9 Å². The summed E-state index contributed by atoms with van der Waals surface area (Å²) in [7, 11) is -4.22. The molecule has 0 aliphatic heterocycles. The van der Waals surface area contributed by atoms with E-state index in [0.717, 1.165) is 15.9 Å². The molecule has 0 fully saturated rings. The summed E-state index contributed by atoms with van der Waals surface area (Å²) in [5.74, 6) is -1.88. The number of ketones is 1. The van der Waals surface area contributed by atoms with Gasteiger partial charge in [-0.2, -0.15) is 9.52 Å². The second-order valence-corrected chi connectivity index (χ2v) is 10.8. The smallest absolute Gasteiger partial charge is 0.305 e. The van der Waals surface area contributed by atoms with Crippen LogP contribution >= 0.6 is 23.2 Å². The Kier molecular flexibility index (Phi) is 8.52. The van der Waals surface area contributed by atoms with E-state index in [1.807, 2.05) is 30.3 Å². The van der Waals surface area contributed by atoms with E-state index in [0.29, 0.717) is 15.6 Å². The maximum absolute atomic E-state index is 13.0. The van der Waals surface area contributed by atoms with Gasteiger partial charge in [0.2, 0.25) is 10.0 Å². The fraction of sp³-hybridized carbons (Fsp3) is 0.160. The Morgan fingerprint density at radius 2 is 1.55 bits per heavy atom. The van der Waals surface area contributed by atoms with Crippen molar-refractivity contribution in [1.29, 1.82) is 0 Å². The van der Waals surface area contributed by atoms with E-state index >= 15 is 0 Å². The van der Waals surface area contributed by atoms with Crippen LogP contribution in [0.4, 0.5) is 0 Å². The maximum Gasteiger partial charge on any atom is 0.305 e.